The van der Waals surface area contributed by atoms with Crippen LogP contribution in [-0.2, 0) is 4.79 Å². The Morgan fingerprint density at radius 1 is 1.57 bits per heavy atom. The Balaban J connectivity index is 2.61. The third-order valence-electron chi connectivity index (χ3n) is 1.90. The third-order valence-corrected chi connectivity index (χ3v) is 2.77. The molecular weight excluding hydrogens is 205 g/mol. The number of aliphatic carboxylic acids is 1. The predicted octanol–water partition coefficient (Wildman–Crippen LogP) is 2.39. The molecule has 1 atom stereocenters. The molecule has 0 fully saturated rings. The maximum atomic E-state index is 13.2. The maximum absolute atomic E-state index is 13.2. The van der Waals surface area contributed by atoms with E-state index in [2.05, 4.69) is 4.37 Å². The first-order chi connectivity index (χ1) is 6.70. The lowest BCUT2D eigenvalue weighted by Crippen LogP contribution is -2.05. The van der Waals surface area contributed by atoms with Crippen molar-refractivity contribution >= 4 is 27.6 Å². The molecule has 5 heteroatoms. The van der Waals surface area contributed by atoms with Crippen molar-refractivity contribution < 1.29 is 14.3 Å². The summed E-state index contributed by atoms with van der Waals surface area (Å²) in [6, 6.07) is 4.87. The van der Waals surface area contributed by atoms with E-state index in [1.54, 1.807) is 18.3 Å². The molecule has 0 spiro atoms. The number of benzene rings is 1. The van der Waals surface area contributed by atoms with Crippen molar-refractivity contribution in [3.05, 3.63) is 30.0 Å². The van der Waals surface area contributed by atoms with Crippen LogP contribution in [0.4, 0.5) is 4.39 Å². The average molecular weight is 211 g/mol. The first kappa shape index (κ1) is 9.08. The van der Waals surface area contributed by atoms with Gasteiger partial charge >= 0.3 is 5.97 Å². The van der Waals surface area contributed by atoms with Gasteiger partial charge in [-0.15, -0.1) is 0 Å². The highest BCUT2D eigenvalue weighted by atomic mass is 32.1. The lowest BCUT2D eigenvalue weighted by atomic mass is 10.1. The van der Waals surface area contributed by atoms with Gasteiger partial charge in [-0.1, -0.05) is 18.2 Å². The van der Waals surface area contributed by atoms with Crippen LogP contribution >= 0.6 is 11.5 Å². The molecule has 1 aromatic heterocycles. The summed E-state index contributed by atoms with van der Waals surface area (Å²) in [6.07, 6.45) is -0.378. The van der Waals surface area contributed by atoms with Crippen molar-refractivity contribution in [1.82, 2.24) is 4.37 Å². The molecule has 2 aromatic rings. The number of hydrogen-bond donors (Lipinski definition) is 1. The van der Waals surface area contributed by atoms with Gasteiger partial charge in [-0.3, -0.25) is 0 Å². The molecule has 0 saturated heterocycles. The number of carboxylic acids is 1. The minimum Gasteiger partial charge on any atom is -0.479 e. The van der Waals surface area contributed by atoms with Gasteiger partial charge in [0.1, 0.15) is 0 Å². The van der Waals surface area contributed by atoms with E-state index >= 15 is 0 Å². The Kier molecular flexibility index (Phi) is 2.17. The quantitative estimate of drug-likeness (QED) is 0.829. The summed E-state index contributed by atoms with van der Waals surface area (Å²) in [5, 5.41) is 9.32. The van der Waals surface area contributed by atoms with Crippen molar-refractivity contribution in [1.29, 1.82) is 0 Å². The van der Waals surface area contributed by atoms with E-state index in [1.807, 2.05) is 0 Å². The van der Waals surface area contributed by atoms with Gasteiger partial charge in [0.15, 0.2) is 0 Å². The zero-order valence-electron chi connectivity index (χ0n) is 6.98. The van der Waals surface area contributed by atoms with Gasteiger partial charge in [0, 0.05) is 17.1 Å². The predicted molar refractivity (Wildman–Crippen MR) is 51.1 cm³/mol. The van der Waals surface area contributed by atoms with Crippen molar-refractivity contribution in [3.8, 4) is 0 Å². The fraction of sp³-hybridized carbons (Fsp3) is 0.111. The van der Waals surface area contributed by atoms with Crippen molar-refractivity contribution in [2.24, 2.45) is 0 Å². The minimum atomic E-state index is -1.97. The topological polar surface area (TPSA) is 50.2 Å². The molecule has 3 nitrogen and oxygen atoms in total. The second-order valence-corrected chi connectivity index (χ2v) is 3.59. The number of fused-ring (bicyclic) bond motifs is 1. The molecule has 72 valence electrons. The van der Waals surface area contributed by atoms with Gasteiger partial charge < -0.3 is 5.11 Å². The number of carbonyl (C=O) groups is 1. The Morgan fingerprint density at radius 2 is 2.36 bits per heavy atom. The van der Waals surface area contributed by atoms with E-state index < -0.39 is 12.1 Å². The van der Waals surface area contributed by atoms with Crippen LogP contribution in [0.25, 0.3) is 10.1 Å². The molecule has 0 bridgehead atoms. The van der Waals surface area contributed by atoms with Gasteiger partial charge in [0.2, 0.25) is 6.17 Å². The number of halogens is 1. The summed E-state index contributed by atoms with van der Waals surface area (Å²) in [6.45, 7) is 0. The van der Waals surface area contributed by atoms with Crippen LogP contribution < -0.4 is 0 Å². The Morgan fingerprint density at radius 3 is 3.07 bits per heavy atom. The minimum absolute atomic E-state index is 0.178. The van der Waals surface area contributed by atoms with Crippen molar-refractivity contribution in [2.75, 3.05) is 0 Å². The van der Waals surface area contributed by atoms with Gasteiger partial charge in [-0.25, -0.2) is 9.18 Å². The van der Waals surface area contributed by atoms with Gasteiger partial charge in [-0.2, -0.15) is 4.37 Å². The van der Waals surface area contributed by atoms with Crippen LogP contribution in [0.15, 0.2) is 24.4 Å². The summed E-state index contributed by atoms with van der Waals surface area (Å²) >= 11 is 1.11. The Bertz CT molecular complexity index is 482. The van der Waals surface area contributed by atoms with Crippen LogP contribution in [0.3, 0.4) is 0 Å². The molecule has 2 rings (SSSR count). The van der Waals surface area contributed by atoms with Gasteiger partial charge in [0.25, 0.3) is 0 Å². The van der Waals surface area contributed by atoms with E-state index in [-0.39, 0.29) is 5.56 Å². The molecular formula is C9H6FNO2S. The second kappa shape index (κ2) is 3.34. The van der Waals surface area contributed by atoms with Crippen LogP contribution in [-0.4, -0.2) is 15.4 Å². The monoisotopic (exact) mass is 211 g/mol. The van der Waals surface area contributed by atoms with Crippen LogP contribution in [0.2, 0.25) is 0 Å². The summed E-state index contributed by atoms with van der Waals surface area (Å²) in [7, 11) is 0. The average Bonchev–Trinajstić information content (AvgIpc) is 2.63. The largest absolute Gasteiger partial charge is 0.479 e. The van der Waals surface area contributed by atoms with Gasteiger partial charge in [0.05, 0.1) is 4.70 Å². The van der Waals surface area contributed by atoms with Crippen LogP contribution in [0.1, 0.15) is 11.7 Å². The van der Waals surface area contributed by atoms with E-state index in [9.17, 15) is 9.18 Å². The zero-order valence-corrected chi connectivity index (χ0v) is 7.79. The lowest BCUT2D eigenvalue weighted by Gasteiger charge is -2.03. The number of carboxylic acid groups (broad SMARTS) is 1. The molecule has 1 unspecified atom stereocenters. The van der Waals surface area contributed by atoms with E-state index in [1.165, 1.54) is 6.07 Å². The molecule has 0 aliphatic rings. The molecule has 0 saturated carbocycles. The summed E-state index contributed by atoms with van der Waals surface area (Å²) < 4.78 is 17.7. The molecule has 0 amide bonds. The van der Waals surface area contributed by atoms with E-state index in [4.69, 9.17) is 5.11 Å². The third kappa shape index (κ3) is 1.35. The molecule has 0 radical (unpaired) electrons. The van der Waals surface area contributed by atoms with Crippen LogP contribution in [0, 0.1) is 0 Å². The maximum Gasteiger partial charge on any atom is 0.343 e. The highest BCUT2D eigenvalue weighted by Gasteiger charge is 2.21. The Labute approximate surface area is 83.0 Å². The normalized spacial score (nSPS) is 12.9. The fourth-order valence-corrected chi connectivity index (χ4v) is 2.02. The van der Waals surface area contributed by atoms with Crippen molar-refractivity contribution in [2.45, 2.75) is 6.17 Å². The van der Waals surface area contributed by atoms with Crippen molar-refractivity contribution in [3.63, 3.8) is 0 Å². The summed E-state index contributed by atoms with van der Waals surface area (Å²) in [4.78, 5) is 10.5. The lowest BCUT2D eigenvalue weighted by molar-refractivity contribution is -0.142. The number of alkyl halides is 1. The highest BCUT2D eigenvalue weighted by molar-refractivity contribution is 7.13. The number of rotatable bonds is 2. The summed E-state index contributed by atoms with van der Waals surface area (Å²) in [5.41, 5.74) is 0.178. The second-order valence-electron chi connectivity index (χ2n) is 2.79. The van der Waals surface area contributed by atoms with Crippen LogP contribution in [0.5, 0.6) is 0 Å². The first-order valence-corrected chi connectivity index (χ1v) is 4.67. The molecule has 1 N–H and O–H groups in total. The van der Waals surface area contributed by atoms with E-state index in [0.29, 0.717) is 4.70 Å². The molecule has 0 aliphatic heterocycles. The summed E-state index contributed by atoms with van der Waals surface area (Å²) in [5.74, 6) is -1.47. The first-order valence-electron chi connectivity index (χ1n) is 3.90. The number of hydrogen-bond acceptors (Lipinski definition) is 3. The number of aromatic nitrogens is 1. The van der Waals surface area contributed by atoms with E-state index in [0.717, 1.165) is 16.9 Å². The molecule has 0 aliphatic carbocycles. The smallest absolute Gasteiger partial charge is 0.343 e. The fourth-order valence-electron chi connectivity index (χ4n) is 1.25. The molecule has 1 heterocycles. The molecule has 14 heavy (non-hydrogen) atoms. The SMILES string of the molecule is O=C(O)C(F)c1cccc2cnsc12. The highest BCUT2D eigenvalue weighted by Crippen LogP contribution is 2.29. The Hall–Kier alpha value is -1.49. The van der Waals surface area contributed by atoms with Gasteiger partial charge in [-0.05, 0) is 11.5 Å². The molecule has 1 aromatic carbocycles. The zero-order chi connectivity index (χ0) is 10.1. The standard InChI is InChI=1S/C9H6FNO2S/c10-7(9(12)13)6-3-1-2-5-4-11-14-8(5)6/h1-4,7H,(H,12,13). The number of nitrogens with zero attached hydrogens (tertiary/aromatic N) is 1.